The molecule has 1 fully saturated rings. The fraction of sp³-hybridized carbons (Fsp3) is 0.857. The molecule has 0 aromatic heterocycles. The summed E-state index contributed by atoms with van der Waals surface area (Å²) in [6.07, 6.45) is 1.58. The molecule has 1 heterocycles. The molecular weight excluding hydrogens is 240 g/mol. The Morgan fingerprint density at radius 2 is 2.00 bits per heavy atom. The van der Waals surface area contributed by atoms with Crippen molar-refractivity contribution in [1.29, 1.82) is 5.26 Å². The van der Waals surface area contributed by atoms with Gasteiger partial charge in [-0.25, -0.2) is 0 Å². The molecule has 0 N–H and O–H groups in total. The van der Waals surface area contributed by atoms with Crippen LogP contribution in [0.25, 0.3) is 0 Å². The molecule has 0 spiro atoms. The second kappa shape index (κ2) is 8.13. The maximum atomic E-state index is 11.9. The van der Waals surface area contributed by atoms with Gasteiger partial charge in [-0.2, -0.15) is 5.26 Å². The number of carbonyl (C=O) groups excluding carboxylic acids is 1. The van der Waals surface area contributed by atoms with E-state index >= 15 is 0 Å². The molecule has 1 rings (SSSR count). The lowest BCUT2D eigenvalue weighted by molar-refractivity contribution is -0.131. The van der Waals surface area contributed by atoms with Crippen molar-refractivity contribution in [2.75, 3.05) is 46.3 Å². The van der Waals surface area contributed by atoms with Crippen LogP contribution in [0.1, 0.15) is 26.7 Å². The lowest BCUT2D eigenvalue weighted by Gasteiger charge is -2.37. The Kier molecular flexibility index (Phi) is 6.82. The van der Waals surface area contributed by atoms with Gasteiger partial charge < -0.3 is 4.90 Å². The molecule has 5 nitrogen and oxygen atoms in total. The van der Waals surface area contributed by atoms with Gasteiger partial charge in [0.05, 0.1) is 19.0 Å². The largest absolute Gasteiger partial charge is 0.344 e. The fourth-order valence-electron chi connectivity index (χ4n) is 2.27. The number of piperazine rings is 1. The van der Waals surface area contributed by atoms with E-state index in [1.807, 2.05) is 0 Å². The molecule has 1 saturated heterocycles. The number of hydrogen-bond donors (Lipinski definition) is 0. The summed E-state index contributed by atoms with van der Waals surface area (Å²) in [6.45, 7) is 9.50. The molecule has 0 bridgehead atoms. The van der Waals surface area contributed by atoms with E-state index < -0.39 is 0 Å². The van der Waals surface area contributed by atoms with Crippen LogP contribution in [0.5, 0.6) is 0 Å². The number of likely N-dealkylation sites (N-methyl/N-ethyl adjacent to an activating group) is 1. The first-order chi connectivity index (χ1) is 9.08. The van der Waals surface area contributed by atoms with Gasteiger partial charge in [-0.1, -0.05) is 6.92 Å². The van der Waals surface area contributed by atoms with Gasteiger partial charge in [0, 0.05) is 45.8 Å². The second-order valence-corrected chi connectivity index (χ2v) is 5.29. The van der Waals surface area contributed by atoms with E-state index in [4.69, 9.17) is 5.26 Å². The van der Waals surface area contributed by atoms with Crippen molar-refractivity contribution < 1.29 is 4.79 Å². The summed E-state index contributed by atoms with van der Waals surface area (Å²) >= 11 is 0. The zero-order valence-electron chi connectivity index (χ0n) is 12.4. The molecule has 0 radical (unpaired) electrons. The minimum atomic E-state index is 0.118. The lowest BCUT2D eigenvalue weighted by Crippen LogP contribution is -2.51. The Balaban J connectivity index is 2.29. The number of rotatable bonds is 6. The van der Waals surface area contributed by atoms with E-state index in [-0.39, 0.29) is 5.91 Å². The summed E-state index contributed by atoms with van der Waals surface area (Å²) in [6, 6.07) is 2.70. The van der Waals surface area contributed by atoms with Gasteiger partial charge in [0.15, 0.2) is 0 Å². The van der Waals surface area contributed by atoms with Crippen molar-refractivity contribution in [3.05, 3.63) is 0 Å². The monoisotopic (exact) mass is 266 g/mol. The summed E-state index contributed by atoms with van der Waals surface area (Å²) in [4.78, 5) is 18.3. The van der Waals surface area contributed by atoms with E-state index in [0.717, 1.165) is 26.2 Å². The third-order valence-corrected chi connectivity index (χ3v) is 3.96. The maximum absolute atomic E-state index is 11.9. The van der Waals surface area contributed by atoms with Gasteiger partial charge in [0.25, 0.3) is 0 Å². The van der Waals surface area contributed by atoms with Gasteiger partial charge in [0.1, 0.15) is 0 Å². The van der Waals surface area contributed by atoms with Crippen molar-refractivity contribution in [3.8, 4) is 6.07 Å². The zero-order chi connectivity index (χ0) is 14.3. The third kappa shape index (κ3) is 5.17. The Morgan fingerprint density at radius 1 is 1.37 bits per heavy atom. The molecule has 0 saturated carbocycles. The summed E-state index contributed by atoms with van der Waals surface area (Å²) in [5.41, 5.74) is 0. The predicted octanol–water partition coefficient (Wildman–Crippen LogP) is 0.775. The van der Waals surface area contributed by atoms with Crippen LogP contribution in [-0.2, 0) is 4.79 Å². The average Bonchev–Trinajstić information content (AvgIpc) is 2.44. The van der Waals surface area contributed by atoms with Gasteiger partial charge >= 0.3 is 0 Å². The lowest BCUT2D eigenvalue weighted by atomic mass is 10.2. The molecule has 5 heteroatoms. The molecule has 108 valence electrons. The smallest absolute Gasteiger partial charge is 0.236 e. The Morgan fingerprint density at radius 3 is 2.53 bits per heavy atom. The van der Waals surface area contributed by atoms with Gasteiger partial charge in [-0.15, -0.1) is 0 Å². The van der Waals surface area contributed by atoms with E-state index in [1.54, 1.807) is 11.9 Å². The number of hydrogen-bond acceptors (Lipinski definition) is 4. The van der Waals surface area contributed by atoms with Gasteiger partial charge in [-0.3, -0.25) is 14.6 Å². The Labute approximate surface area is 116 Å². The number of nitriles is 1. The van der Waals surface area contributed by atoms with Gasteiger partial charge in [-0.05, 0) is 13.3 Å². The molecule has 1 aliphatic heterocycles. The molecule has 1 aliphatic rings. The number of nitrogens with zero attached hydrogens (tertiary/aromatic N) is 4. The van der Waals surface area contributed by atoms with Crippen molar-refractivity contribution in [2.45, 2.75) is 32.7 Å². The first-order valence-corrected chi connectivity index (χ1v) is 7.15. The highest BCUT2D eigenvalue weighted by Crippen LogP contribution is 2.08. The van der Waals surface area contributed by atoms with E-state index in [2.05, 4.69) is 29.7 Å². The minimum absolute atomic E-state index is 0.118. The van der Waals surface area contributed by atoms with E-state index in [1.165, 1.54) is 6.42 Å². The van der Waals surface area contributed by atoms with E-state index in [0.29, 0.717) is 25.6 Å². The van der Waals surface area contributed by atoms with Crippen molar-refractivity contribution in [2.24, 2.45) is 0 Å². The standard InChI is InChI=1S/C14H26N4O/c1-4-13(2)18-10-8-17(9-11-18)12-14(19)16(3)7-5-6-15/h13H,4-5,7-12H2,1-3H3. The normalized spacial score (nSPS) is 18.8. The van der Waals surface area contributed by atoms with Crippen LogP contribution < -0.4 is 0 Å². The molecular formula is C14H26N4O. The van der Waals surface area contributed by atoms with Gasteiger partial charge in [0.2, 0.25) is 5.91 Å². The molecule has 0 aromatic carbocycles. The maximum Gasteiger partial charge on any atom is 0.236 e. The first kappa shape index (κ1) is 15.9. The molecule has 0 aliphatic carbocycles. The van der Waals surface area contributed by atoms with Crippen molar-refractivity contribution in [3.63, 3.8) is 0 Å². The van der Waals surface area contributed by atoms with Crippen LogP contribution in [-0.4, -0.2) is 73.0 Å². The van der Waals surface area contributed by atoms with Crippen molar-refractivity contribution in [1.82, 2.24) is 14.7 Å². The highest BCUT2D eigenvalue weighted by molar-refractivity contribution is 5.78. The summed E-state index contributed by atoms with van der Waals surface area (Å²) in [7, 11) is 1.77. The molecule has 0 aromatic rings. The molecule has 19 heavy (non-hydrogen) atoms. The molecule has 1 amide bonds. The second-order valence-electron chi connectivity index (χ2n) is 5.29. The Hall–Kier alpha value is -1.12. The number of carbonyl (C=O) groups is 1. The Bertz CT molecular complexity index is 318. The fourth-order valence-corrected chi connectivity index (χ4v) is 2.27. The molecule has 1 atom stereocenters. The predicted molar refractivity (Wildman–Crippen MR) is 75.6 cm³/mol. The SMILES string of the molecule is CCC(C)N1CCN(CC(=O)N(C)CCC#N)CC1. The average molecular weight is 266 g/mol. The summed E-state index contributed by atoms with van der Waals surface area (Å²) < 4.78 is 0. The quantitative estimate of drug-likeness (QED) is 0.713. The van der Waals surface area contributed by atoms with Crippen LogP contribution in [0.4, 0.5) is 0 Å². The van der Waals surface area contributed by atoms with Crippen LogP contribution in [0.3, 0.4) is 0 Å². The van der Waals surface area contributed by atoms with Crippen LogP contribution in [0.2, 0.25) is 0 Å². The first-order valence-electron chi connectivity index (χ1n) is 7.15. The van der Waals surface area contributed by atoms with E-state index in [9.17, 15) is 4.79 Å². The van der Waals surface area contributed by atoms with Crippen LogP contribution in [0, 0.1) is 11.3 Å². The highest BCUT2D eigenvalue weighted by atomic mass is 16.2. The third-order valence-electron chi connectivity index (χ3n) is 3.96. The summed E-state index contributed by atoms with van der Waals surface area (Å²) in [5, 5.41) is 8.52. The highest BCUT2D eigenvalue weighted by Gasteiger charge is 2.22. The zero-order valence-corrected chi connectivity index (χ0v) is 12.4. The summed E-state index contributed by atoms with van der Waals surface area (Å²) in [5.74, 6) is 0.118. The molecule has 1 unspecified atom stereocenters. The van der Waals surface area contributed by atoms with Crippen LogP contribution >= 0.6 is 0 Å². The minimum Gasteiger partial charge on any atom is -0.344 e. The topological polar surface area (TPSA) is 50.6 Å². The number of amides is 1. The van der Waals surface area contributed by atoms with Crippen molar-refractivity contribution >= 4 is 5.91 Å². The van der Waals surface area contributed by atoms with Crippen LogP contribution in [0.15, 0.2) is 0 Å².